The molecule has 1 nitrogen and oxygen atoms in total. The molecule has 0 aromatic rings. The standard InChI is InChI=1S/C5H12BrP.H2O/c1-5(2)3-4-7-6;/h5,7H,3-4H2,1-2H3;1H2. The van der Waals surface area contributed by atoms with E-state index in [0.29, 0.717) is 0 Å². The van der Waals surface area contributed by atoms with E-state index in [1.807, 2.05) is 0 Å². The van der Waals surface area contributed by atoms with Crippen LogP contribution in [0.1, 0.15) is 20.3 Å². The third-order valence-electron chi connectivity index (χ3n) is 0.816. The third kappa shape index (κ3) is 9.98. The third-order valence-corrected chi connectivity index (χ3v) is 2.48. The maximum Gasteiger partial charge on any atom is -0.0252 e. The Kier molecular flexibility index (Phi) is 11.5. The van der Waals surface area contributed by atoms with Gasteiger partial charge in [-0.25, -0.2) is 0 Å². The van der Waals surface area contributed by atoms with Crippen LogP contribution in [-0.4, -0.2) is 11.6 Å². The predicted octanol–water partition coefficient (Wildman–Crippen LogP) is 2.20. The second kappa shape index (κ2) is 7.87. The molecule has 0 radical (unpaired) electrons. The van der Waals surface area contributed by atoms with Crippen molar-refractivity contribution in [2.45, 2.75) is 20.3 Å². The Morgan fingerprint density at radius 2 is 2.00 bits per heavy atom. The SMILES string of the molecule is CC(C)CCPBr.O. The largest absolute Gasteiger partial charge is 0.412 e. The van der Waals surface area contributed by atoms with E-state index >= 15 is 0 Å². The highest BCUT2D eigenvalue weighted by Crippen LogP contribution is 2.21. The van der Waals surface area contributed by atoms with Crippen LogP contribution in [0.3, 0.4) is 0 Å². The average Bonchev–Trinajstić information content (AvgIpc) is 1.61. The van der Waals surface area contributed by atoms with Crippen molar-refractivity contribution in [1.82, 2.24) is 0 Å². The van der Waals surface area contributed by atoms with E-state index < -0.39 is 0 Å². The molecule has 0 fully saturated rings. The fourth-order valence-electron chi connectivity index (χ4n) is 0.343. The highest BCUT2D eigenvalue weighted by atomic mass is 79.9. The van der Waals surface area contributed by atoms with Gasteiger partial charge >= 0.3 is 0 Å². The summed E-state index contributed by atoms with van der Waals surface area (Å²) < 4.78 is 0. The quantitative estimate of drug-likeness (QED) is 0.627. The molecule has 0 aliphatic carbocycles. The minimum Gasteiger partial charge on any atom is -0.412 e. The van der Waals surface area contributed by atoms with Gasteiger partial charge in [-0.15, -0.1) is 0 Å². The minimum absolute atomic E-state index is 0. The fraction of sp³-hybridized carbons (Fsp3) is 1.00. The lowest BCUT2D eigenvalue weighted by Crippen LogP contribution is -1.85. The smallest absolute Gasteiger partial charge is 0.0252 e. The summed E-state index contributed by atoms with van der Waals surface area (Å²) >= 11 is 3.41. The lowest BCUT2D eigenvalue weighted by atomic mass is 10.2. The van der Waals surface area contributed by atoms with Crippen molar-refractivity contribution in [2.75, 3.05) is 6.16 Å². The molecule has 0 spiro atoms. The van der Waals surface area contributed by atoms with Crippen molar-refractivity contribution in [2.24, 2.45) is 5.92 Å². The van der Waals surface area contributed by atoms with Crippen LogP contribution in [-0.2, 0) is 0 Å². The van der Waals surface area contributed by atoms with E-state index in [1.165, 1.54) is 12.6 Å². The Labute approximate surface area is 61.1 Å². The summed E-state index contributed by atoms with van der Waals surface area (Å²) in [5.41, 5.74) is 0. The van der Waals surface area contributed by atoms with Gasteiger partial charge in [0.15, 0.2) is 0 Å². The number of rotatable bonds is 3. The molecule has 0 saturated carbocycles. The van der Waals surface area contributed by atoms with Crippen LogP contribution in [0.2, 0.25) is 0 Å². The number of hydrogen-bond donors (Lipinski definition) is 0. The highest BCUT2D eigenvalue weighted by Gasteiger charge is 1.89. The molecular weight excluding hydrogens is 187 g/mol. The maximum atomic E-state index is 3.41. The molecular formula is C5H14BrOP. The van der Waals surface area contributed by atoms with E-state index in [9.17, 15) is 0 Å². The van der Waals surface area contributed by atoms with E-state index in [1.54, 1.807) is 0 Å². The summed E-state index contributed by atoms with van der Waals surface area (Å²) in [6.45, 7) is 4.51. The molecule has 0 aromatic heterocycles. The Hall–Kier alpha value is 0.870. The van der Waals surface area contributed by atoms with Gasteiger partial charge in [-0.2, -0.15) is 0 Å². The zero-order chi connectivity index (χ0) is 5.70. The summed E-state index contributed by atoms with van der Waals surface area (Å²) in [4.78, 5) is 0. The summed E-state index contributed by atoms with van der Waals surface area (Å²) in [6.07, 6.45) is 2.71. The topological polar surface area (TPSA) is 31.5 Å². The first-order valence-corrected chi connectivity index (χ1v) is 6.07. The molecule has 1 atom stereocenters. The van der Waals surface area contributed by atoms with Gasteiger partial charge in [0.2, 0.25) is 0 Å². The van der Waals surface area contributed by atoms with Crippen molar-refractivity contribution >= 4 is 22.8 Å². The zero-order valence-electron chi connectivity index (χ0n) is 5.37. The Morgan fingerprint density at radius 3 is 2.12 bits per heavy atom. The van der Waals surface area contributed by atoms with Crippen LogP contribution < -0.4 is 0 Å². The average molecular weight is 201 g/mol. The summed E-state index contributed by atoms with van der Waals surface area (Å²) in [5, 5.41) is 0. The van der Waals surface area contributed by atoms with Gasteiger partial charge in [-0.05, 0) is 18.5 Å². The van der Waals surface area contributed by atoms with Crippen LogP contribution in [0.15, 0.2) is 0 Å². The number of hydrogen-bond acceptors (Lipinski definition) is 0. The molecule has 0 aliphatic heterocycles. The normalized spacial score (nSPS) is 10.5. The Morgan fingerprint density at radius 1 is 1.50 bits per heavy atom. The van der Waals surface area contributed by atoms with Crippen molar-refractivity contribution in [3.8, 4) is 0 Å². The van der Waals surface area contributed by atoms with Gasteiger partial charge in [-0.1, -0.05) is 36.6 Å². The Bertz CT molecular complexity index is 41.4. The first kappa shape index (κ1) is 11.6. The summed E-state index contributed by atoms with van der Waals surface area (Å²) in [7, 11) is 0.963. The predicted molar refractivity (Wildman–Crippen MR) is 45.2 cm³/mol. The molecule has 0 amide bonds. The first-order valence-electron chi connectivity index (χ1n) is 2.61. The minimum atomic E-state index is 0. The number of halogens is 1. The van der Waals surface area contributed by atoms with Gasteiger partial charge in [0, 0.05) is 0 Å². The highest BCUT2D eigenvalue weighted by molar-refractivity contribution is 9.36. The van der Waals surface area contributed by atoms with Crippen molar-refractivity contribution in [3.63, 3.8) is 0 Å². The lowest BCUT2D eigenvalue weighted by Gasteiger charge is -1.98. The van der Waals surface area contributed by atoms with Gasteiger partial charge in [-0.3, -0.25) is 0 Å². The van der Waals surface area contributed by atoms with Crippen molar-refractivity contribution < 1.29 is 5.48 Å². The summed E-state index contributed by atoms with van der Waals surface area (Å²) in [6, 6.07) is 0. The molecule has 0 heterocycles. The van der Waals surface area contributed by atoms with Crippen LogP contribution in [0, 0.1) is 5.92 Å². The van der Waals surface area contributed by atoms with Gasteiger partial charge in [0.05, 0.1) is 0 Å². The fourth-order valence-corrected chi connectivity index (χ4v) is 1.72. The van der Waals surface area contributed by atoms with Gasteiger partial charge < -0.3 is 5.48 Å². The van der Waals surface area contributed by atoms with Crippen molar-refractivity contribution in [1.29, 1.82) is 0 Å². The van der Waals surface area contributed by atoms with E-state index in [2.05, 4.69) is 29.3 Å². The van der Waals surface area contributed by atoms with E-state index in [4.69, 9.17) is 0 Å². The second-order valence-electron chi connectivity index (χ2n) is 2.07. The van der Waals surface area contributed by atoms with E-state index in [-0.39, 0.29) is 5.48 Å². The molecule has 0 saturated heterocycles. The molecule has 2 N–H and O–H groups in total. The lowest BCUT2D eigenvalue weighted by molar-refractivity contribution is 0.632. The molecule has 52 valence electrons. The zero-order valence-corrected chi connectivity index (χ0v) is 7.96. The second-order valence-corrected chi connectivity index (χ2v) is 4.52. The Balaban J connectivity index is 0. The van der Waals surface area contributed by atoms with Gasteiger partial charge in [0.25, 0.3) is 0 Å². The molecule has 0 rings (SSSR count). The van der Waals surface area contributed by atoms with Crippen LogP contribution >= 0.6 is 22.8 Å². The molecule has 0 bridgehead atoms. The molecule has 0 aromatic carbocycles. The molecule has 0 aliphatic rings. The molecule has 8 heavy (non-hydrogen) atoms. The van der Waals surface area contributed by atoms with Crippen molar-refractivity contribution in [3.05, 3.63) is 0 Å². The van der Waals surface area contributed by atoms with Crippen LogP contribution in [0.25, 0.3) is 0 Å². The van der Waals surface area contributed by atoms with E-state index in [0.717, 1.165) is 13.2 Å². The maximum absolute atomic E-state index is 3.41. The van der Waals surface area contributed by atoms with Crippen LogP contribution in [0.4, 0.5) is 0 Å². The first-order chi connectivity index (χ1) is 3.27. The van der Waals surface area contributed by atoms with Crippen LogP contribution in [0.5, 0.6) is 0 Å². The monoisotopic (exact) mass is 200 g/mol. The molecule has 1 unspecified atom stereocenters. The molecule has 3 heteroatoms. The van der Waals surface area contributed by atoms with Gasteiger partial charge in [0.1, 0.15) is 0 Å². The summed E-state index contributed by atoms with van der Waals surface area (Å²) in [5.74, 6) is 0.880.